The number of hydrogen-bond donors (Lipinski definition) is 2. The van der Waals surface area contributed by atoms with Gasteiger partial charge in [0.2, 0.25) is 0 Å². The van der Waals surface area contributed by atoms with Crippen LogP contribution in [-0.2, 0) is 6.54 Å². The van der Waals surface area contributed by atoms with Crippen molar-refractivity contribution >= 4 is 0 Å². The second-order valence-corrected chi connectivity index (χ2v) is 4.83. The number of nitrogens with one attached hydrogen (secondary N) is 2. The van der Waals surface area contributed by atoms with E-state index in [1.807, 2.05) is 6.92 Å². The summed E-state index contributed by atoms with van der Waals surface area (Å²) in [5.74, 6) is 3.33. The number of aromatic nitrogens is 3. The molecule has 1 saturated carbocycles. The van der Waals surface area contributed by atoms with Crippen molar-refractivity contribution in [1.82, 2.24) is 20.5 Å². The molecule has 4 heteroatoms. The van der Waals surface area contributed by atoms with Gasteiger partial charge in [0.1, 0.15) is 5.82 Å². The summed E-state index contributed by atoms with van der Waals surface area (Å²) in [6.45, 7) is 7.26. The highest BCUT2D eigenvalue weighted by Gasteiger charge is 2.32. The van der Waals surface area contributed by atoms with E-state index in [1.54, 1.807) is 0 Å². The highest BCUT2D eigenvalue weighted by Crippen LogP contribution is 2.35. The van der Waals surface area contributed by atoms with E-state index in [1.165, 1.54) is 12.8 Å². The number of nitrogens with zero attached hydrogens (tertiary/aromatic N) is 2. The van der Waals surface area contributed by atoms with Gasteiger partial charge in [-0.1, -0.05) is 13.8 Å². The van der Waals surface area contributed by atoms with E-state index in [-0.39, 0.29) is 0 Å². The number of rotatable bonds is 5. The molecule has 4 nitrogen and oxygen atoms in total. The lowest BCUT2D eigenvalue weighted by molar-refractivity contribution is 0.356. The van der Waals surface area contributed by atoms with Crippen LogP contribution in [0.1, 0.15) is 38.3 Å². The maximum atomic E-state index is 4.29. The molecule has 2 rings (SSSR count). The molecule has 1 aromatic rings. The molecule has 1 fully saturated rings. The van der Waals surface area contributed by atoms with Crippen molar-refractivity contribution in [1.29, 1.82) is 0 Å². The van der Waals surface area contributed by atoms with Crippen LogP contribution in [0, 0.1) is 18.8 Å². The van der Waals surface area contributed by atoms with Crippen molar-refractivity contribution in [2.24, 2.45) is 11.8 Å². The standard InChI is InChI=1S/C11H20N4/c1-7(2)11(9-4-5-9)12-6-10-13-8(3)14-15-10/h7,9,11-12H,4-6H2,1-3H3,(H,13,14,15). The molecular weight excluding hydrogens is 188 g/mol. The van der Waals surface area contributed by atoms with Crippen LogP contribution >= 0.6 is 0 Å². The van der Waals surface area contributed by atoms with Crippen LogP contribution in [0.2, 0.25) is 0 Å². The first-order chi connectivity index (χ1) is 7.16. The van der Waals surface area contributed by atoms with Crippen molar-refractivity contribution in [3.05, 3.63) is 11.6 Å². The Morgan fingerprint density at radius 1 is 1.47 bits per heavy atom. The second-order valence-electron chi connectivity index (χ2n) is 4.83. The maximum Gasteiger partial charge on any atom is 0.164 e. The third-order valence-electron chi connectivity index (χ3n) is 2.99. The van der Waals surface area contributed by atoms with E-state index in [4.69, 9.17) is 0 Å². The molecule has 1 aromatic heterocycles. The first-order valence-corrected chi connectivity index (χ1v) is 5.78. The summed E-state index contributed by atoms with van der Waals surface area (Å²) in [7, 11) is 0. The van der Waals surface area contributed by atoms with E-state index < -0.39 is 0 Å². The summed E-state index contributed by atoms with van der Waals surface area (Å²) >= 11 is 0. The lowest BCUT2D eigenvalue weighted by Crippen LogP contribution is -2.35. The summed E-state index contributed by atoms with van der Waals surface area (Å²) < 4.78 is 0. The topological polar surface area (TPSA) is 53.6 Å². The molecular formula is C11H20N4. The van der Waals surface area contributed by atoms with E-state index in [0.717, 1.165) is 24.1 Å². The van der Waals surface area contributed by atoms with Crippen molar-refractivity contribution in [3.63, 3.8) is 0 Å². The summed E-state index contributed by atoms with van der Waals surface area (Å²) in [5, 5.41) is 10.6. The first kappa shape index (κ1) is 10.6. The smallest absolute Gasteiger partial charge is 0.164 e. The highest BCUT2D eigenvalue weighted by atomic mass is 15.2. The molecule has 1 atom stereocenters. The zero-order chi connectivity index (χ0) is 10.8. The third kappa shape index (κ3) is 2.78. The van der Waals surface area contributed by atoms with Gasteiger partial charge in [-0.15, -0.1) is 0 Å². The Hall–Kier alpha value is -0.900. The molecule has 0 spiro atoms. The van der Waals surface area contributed by atoms with Gasteiger partial charge in [-0.05, 0) is 31.6 Å². The molecule has 1 unspecified atom stereocenters. The van der Waals surface area contributed by atoms with Crippen LogP contribution in [0.5, 0.6) is 0 Å². The van der Waals surface area contributed by atoms with Gasteiger partial charge >= 0.3 is 0 Å². The van der Waals surface area contributed by atoms with Crippen molar-refractivity contribution in [2.75, 3.05) is 0 Å². The fourth-order valence-electron chi connectivity index (χ4n) is 2.08. The average Bonchev–Trinajstić information content (AvgIpc) is 2.90. The highest BCUT2D eigenvalue weighted by molar-refractivity contribution is 4.92. The Labute approximate surface area is 90.9 Å². The third-order valence-corrected chi connectivity index (χ3v) is 2.99. The SMILES string of the molecule is Cc1nc(CNC(C(C)C)C2CC2)n[nH]1. The molecule has 0 aromatic carbocycles. The molecule has 1 aliphatic carbocycles. The molecule has 0 aliphatic heterocycles. The number of aryl methyl sites for hydroxylation is 1. The van der Waals surface area contributed by atoms with Gasteiger partial charge in [0.05, 0.1) is 6.54 Å². The van der Waals surface area contributed by atoms with E-state index in [2.05, 4.69) is 34.3 Å². The van der Waals surface area contributed by atoms with Gasteiger partial charge in [0, 0.05) is 6.04 Å². The van der Waals surface area contributed by atoms with Crippen molar-refractivity contribution in [2.45, 2.75) is 46.2 Å². The average molecular weight is 208 g/mol. The van der Waals surface area contributed by atoms with Crippen LogP contribution in [0.4, 0.5) is 0 Å². The van der Waals surface area contributed by atoms with Gasteiger partial charge in [-0.2, -0.15) is 5.10 Å². The lowest BCUT2D eigenvalue weighted by Gasteiger charge is -2.21. The van der Waals surface area contributed by atoms with Crippen LogP contribution in [0.15, 0.2) is 0 Å². The Kier molecular flexibility index (Phi) is 3.05. The molecule has 84 valence electrons. The zero-order valence-corrected chi connectivity index (χ0v) is 9.75. The monoisotopic (exact) mass is 208 g/mol. The Morgan fingerprint density at radius 3 is 2.67 bits per heavy atom. The summed E-state index contributed by atoms with van der Waals surface area (Å²) in [6.07, 6.45) is 2.76. The second kappa shape index (κ2) is 4.31. The fourth-order valence-corrected chi connectivity index (χ4v) is 2.08. The van der Waals surface area contributed by atoms with E-state index in [9.17, 15) is 0 Å². The van der Waals surface area contributed by atoms with Gasteiger partial charge in [-0.3, -0.25) is 5.10 Å². The number of hydrogen-bond acceptors (Lipinski definition) is 3. The molecule has 0 saturated heterocycles. The van der Waals surface area contributed by atoms with Crippen molar-refractivity contribution < 1.29 is 0 Å². The van der Waals surface area contributed by atoms with Crippen LogP contribution in [0.25, 0.3) is 0 Å². The molecule has 0 amide bonds. The normalized spacial score (nSPS) is 18.4. The van der Waals surface area contributed by atoms with Crippen LogP contribution in [-0.4, -0.2) is 21.2 Å². The quantitative estimate of drug-likeness (QED) is 0.773. The summed E-state index contributed by atoms with van der Waals surface area (Å²) in [4.78, 5) is 4.29. The molecule has 1 heterocycles. The fraction of sp³-hybridized carbons (Fsp3) is 0.818. The maximum absolute atomic E-state index is 4.29. The van der Waals surface area contributed by atoms with E-state index in [0.29, 0.717) is 12.0 Å². The Morgan fingerprint density at radius 2 is 2.20 bits per heavy atom. The Balaban J connectivity index is 1.85. The van der Waals surface area contributed by atoms with Crippen LogP contribution in [0.3, 0.4) is 0 Å². The number of aromatic amines is 1. The van der Waals surface area contributed by atoms with E-state index >= 15 is 0 Å². The minimum Gasteiger partial charge on any atom is -0.306 e. The van der Waals surface area contributed by atoms with Gasteiger partial charge < -0.3 is 5.32 Å². The molecule has 15 heavy (non-hydrogen) atoms. The van der Waals surface area contributed by atoms with Crippen molar-refractivity contribution in [3.8, 4) is 0 Å². The summed E-state index contributed by atoms with van der Waals surface area (Å²) in [5.41, 5.74) is 0. The van der Waals surface area contributed by atoms with Gasteiger partial charge in [0.25, 0.3) is 0 Å². The number of H-pyrrole nitrogens is 1. The lowest BCUT2D eigenvalue weighted by atomic mass is 10.00. The molecule has 1 aliphatic rings. The predicted molar refractivity (Wildman–Crippen MR) is 59.3 cm³/mol. The first-order valence-electron chi connectivity index (χ1n) is 5.78. The Bertz CT molecular complexity index is 312. The summed E-state index contributed by atoms with van der Waals surface area (Å²) in [6, 6.07) is 0.629. The minimum atomic E-state index is 0.629. The minimum absolute atomic E-state index is 0.629. The predicted octanol–water partition coefficient (Wildman–Crippen LogP) is 1.64. The van der Waals surface area contributed by atoms with Gasteiger partial charge in [-0.25, -0.2) is 4.98 Å². The largest absolute Gasteiger partial charge is 0.306 e. The van der Waals surface area contributed by atoms with Gasteiger partial charge in [0.15, 0.2) is 5.82 Å². The molecule has 0 bridgehead atoms. The molecule has 0 radical (unpaired) electrons. The molecule has 2 N–H and O–H groups in total. The zero-order valence-electron chi connectivity index (χ0n) is 9.75. The van der Waals surface area contributed by atoms with Crippen LogP contribution < -0.4 is 5.32 Å².